The summed E-state index contributed by atoms with van der Waals surface area (Å²) in [5.74, 6) is 1.18. The zero-order valence-corrected chi connectivity index (χ0v) is 13.9. The van der Waals surface area contributed by atoms with Gasteiger partial charge in [-0.25, -0.2) is 9.78 Å². The molecule has 0 bridgehead atoms. The Kier molecular flexibility index (Phi) is 3.69. The summed E-state index contributed by atoms with van der Waals surface area (Å²) in [6.45, 7) is 10.3. The number of carbonyl (C=O) groups excluding carboxylic acids is 1. The maximum atomic E-state index is 12.0. The Balaban J connectivity index is 1.44. The summed E-state index contributed by atoms with van der Waals surface area (Å²) in [5.41, 5.74) is 2.60. The molecule has 1 amide bonds. The highest BCUT2D eigenvalue weighted by molar-refractivity contribution is 7.09. The summed E-state index contributed by atoms with van der Waals surface area (Å²) >= 11 is 1.70. The van der Waals surface area contributed by atoms with Gasteiger partial charge in [-0.15, -0.1) is 11.3 Å². The monoisotopic (exact) mass is 309 g/mol. The second-order valence-electron chi connectivity index (χ2n) is 6.98. The first-order valence-corrected chi connectivity index (χ1v) is 8.33. The summed E-state index contributed by atoms with van der Waals surface area (Å²) in [6.07, 6.45) is -0.174. The van der Waals surface area contributed by atoms with Crippen molar-refractivity contribution in [2.24, 2.45) is 11.8 Å². The maximum absolute atomic E-state index is 12.0. The minimum atomic E-state index is -0.411. The van der Waals surface area contributed by atoms with Gasteiger partial charge in [-0.3, -0.25) is 0 Å². The third-order valence-electron chi connectivity index (χ3n) is 4.19. The lowest BCUT2D eigenvalue weighted by Crippen LogP contribution is -2.39. The quantitative estimate of drug-likeness (QED) is 0.931. The van der Waals surface area contributed by atoms with E-state index in [2.05, 4.69) is 10.3 Å². The van der Waals surface area contributed by atoms with Crippen LogP contribution in [0.2, 0.25) is 0 Å². The average Bonchev–Trinajstić information content (AvgIpc) is 2.77. The zero-order chi connectivity index (χ0) is 15.2. The molecule has 1 aromatic heterocycles. The molecule has 0 radical (unpaired) electrons. The summed E-state index contributed by atoms with van der Waals surface area (Å²) in [6, 6.07) is 0.546. The van der Waals surface area contributed by atoms with Crippen molar-refractivity contribution >= 4 is 17.4 Å². The number of piperidine rings is 1. The van der Waals surface area contributed by atoms with E-state index >= 15 is 0 Å². The van der Waals surface area contributed by atoms with Gasteiger partial charge in [0.1, 0.15) is 5.60 Å². The number of nitrogens with one attached hydrogen (secondary N) is 1. The lowest BCUT2D eigenvalue weighted by molar-refractivity contribution is 0.0269. The lowest BCUT2D eigenvalue weighted by Gasteiger charge is -2.26. The topological polar surface area (TPSA) is 54.5 Å². The van der Waals surface area contributed by atoms with Crippen LogP contribution in [0.15, 0.2) is 5.51 Å². The number of hydrogen-bond acceptors (Lipinski definition) is 5. The number of ether oxygens (including phenoxy) is 1. The average molecular weight is 309 g/mol. The maximum Gasteiger partial charge on any atom is 0.410 e. The summed E-state index contributed by atoms with van der Waals surface area (Å²) in [4.78, 5) is 19.4. The molecule has 3 rings (SSSR count). The van der Waals surface area contributed by atoms with Crippen LogP contribution in [0.4, 0.5) is 4.79 Å². The van der Waals surface area contributed by atoms with E-state index in [1.165, 1.54) is 4.88 Å². The molecule has 2 aliphatic rings. The minimum absolute atomic E-state index is 0.174. The molecule has 1 aliphatic carbocycles. The van der Waals surface area contributed by atoms with Crippen LogP contribution in [-0.2, 0) is 11.3 Å². The van der Waals surface area contributed by atoms with Crippen molar-refractivity contribution in [3.63, 3.8) is 0 Å². The van der Waals surface area contributed by atoms with Crippen molar-refractivity contribution in [2.75, 3.05) is 13.1 Å². The molecule has 21 heavy (non-hydrogen) atoms. The predicted octanol–water partition coefficient (Wildman–Crippen LogP) is 2.41. The first-order valence-electron chi connectivity index (χ1n) is 7.45. The van der Waals surface area contributed by atoms with E-state index in [9.17, 15) is 4.79 Å². The van der Waals surface area contributed by atoms with Crippen LogP contribution in [0.1, 0.15) is 31.3 Å². The number of fused-ring (bicyclic) bond motifs is 1. The van der Waals surface area contributed by atoms with Gasteiger partial charge in [-0.2, -0.15) is 0 Å². The van der Waals surface area contributed by atoms with E-state index in [0.29, 0.717) is 17.9 Å². The fourth-order valence-corrected chi connectivity index (χ4v) is 3.74. The fourth-order valence-electron chi connectivity index (χ4n) is 3.01. The molecule has 5 nitrogen and oxygen atoms in total. The summed E-state index contributed by atoms with van der Waals surface area (Å²) < 4.78 is 5.42. The molecule has 1 aliphatic heterocycles. The number of hydrogen-bond donors (Lipinski definition) is 1. The van der Waals surface area contributed by atoms with Gasteiger partial charge in [0.2, 0.25) is 0 Å². The first-order chi connectivity index (χ1) is 9.85. The fraction of sp³-hybridized carbons (Fsp3) is 0.733. The van der Waals surface area contributed by atoms with Crippen molar-refractivity contribution in [2.45, 2.75) is 45.9 Å². The number of thiazole rings is 1. The largest absolute Gasteiger partial charge is 0.444 e. The molecule has 2 heterocycles. The van der Waals surface area contributed by atoms with Gasteiger partial charge in [-0.05, 0) is 39.5 Å². The number of aromatic nitrogens is 1. The van der Waals surface area contributed by atoms with E-state index in [4.69, 9.17) is 4.74 Å². The Morgan fingerprint density at radius 3 is 2.67 bits per heavy atom. The SMILES string of the molecule is Cc1ncsc1CNC1C2CN(C(=O)OC(C)(C)C)CC21. The minimum Gasteiger partial charge on any atom is -0.444 e. The zero-order valence-electron chi connectivity index (χ0n) is 13.0. The number of aryl methyl sites for hydroxylation is 1. The van der Waals surface area contributed by atoms with Crippen LogP contribution < -0.4 is 5.32 Å². The third-order valence-corrected chi connectivity index (χ3v) is 5.12. The lowest BCUT2D eigenvalue weighted by atomic mass is 10.2. The molecule has 6 heteroatoms. The molecule has 0 aromatic carbocycles. The Hall–Kier alpha value is -1.14. The highest BCUT2D eigenvalue weighted by atomic mass is 32.1. The van der Waals surface area contributed by atoms with E-state index in [-0.39, 0.29) is 6.09 Å². The van der Waals surface area contributed by atoms with Crippen LogP contribution in [0.5, 0.6) is 0 Å². The molecular weight excluding hydrogens is 286 g/mol. The Morgan fingerprint density at radius 1 is 1.48 bits per heavy atom. The van der Waals surface area contributed by atoms with Crippen molar-refractivity contribution in [1.29, 1.82) is 0 Å². The van der Waals surface area contributed by atoms with Crippen LogP contribution in [-0.4, -0.2) is 40.7 Å². The molecule has 1 N–H and O–H groups in total. The molecule has 2 fully saturated rings. The van der Waals surface area contributed by atoms with Crippen molar-refractivity contribution in [1.82, 2.24) is 15.2 Å². The molecular formula is C15H23N3O2S. The van der Waals surface area contributed by atoms with E-state index in [1.54, 1.807) is 11.3 Å². The van der Waals surface area contributed by atoms with E-state index in [0.717, 1.165) is 25.3 Å². The van der Waals surface area contributed by atoms with Crippen LogP contribution >= 0.6 is 11.3 Å². The van der Waals surface area contributed by atoms with Gasteiger partial charge in [-0.1, -0.05) is 0 Å². The van der Waals surface area contributed by atoms with Crippen LogP contribution in [0.3, 0.4) is 0 Å². The van der Waals surface area contributed by atoms with Gasteiger partial charge >= 0.3 is 6.09 Å². The number of nitrogens with zero attached hydrogens (tertiary/aromatic N) is 2. The van der Waals surface area contributed by atoms with Gasteiger partial charge in [0.25, 0.3) is 0 Å². The third kappa shape index (κ3) is 3.21. The molecule has 2 unspecified atom stereocenters. The van der Waals surface area contributed by atoms with Crippen LogP contribution in [0, 0.1) is 18.8 Å². The van der Waals surface area contributed by atoms with Gasteiger partial charge < -0.3 is 15.0 Å². The van der Waals surface area contributed by atoms with Gasteiger partial charge in [0, 0.05) is 30.6 Å². The summed E-state index contributed by atoms with van der Waals surface area (Å²) in [5, 5.41) is 3.60. The first kappa shape index (κ1) is 14.8. The smallest absolute Gasteiger partial charge is 0.410 e. The van der Waals surface area contributed by atoms with Crippen molar-refractivity contribution < 1.29 is 9.53 Å². The number of likely N-dealkylation sites (tertiary alicyclic amines) is 1. The summed E-state index contributed by atoms with van der Waals surface area (Å²) in [7, 11) is 0. The van der Waals surface area contributed by atoms with E-state index in [1.807, 2.05) is 38.1 Å². The molecule has 116 valence electrons. The molecule has 1 saturated carbocycles. The Bertz CT molecular complexity index is 525. The van der Waals surface area contributed by atoms with E-state index < -0.39 is 5.60 Å². The molecule has 0 spiro atoms. The van der Waals surface area contributed by atoms with Crippen LogP contribution in [0.25, 0.3) is 0 Å². The van der Waals surface area contributed by atoms with Gasteiger partial charge in [0.05, 0.1) is 11.2 Å². The predicted molar refractivity (Wildman–Crippen MR) is 82.3 cm³/mol. The highest BCUT2D eigenvalue weighted by Crippen LogP contribution is 2.46. The van der Waals surface area contributed by atoms with Crippen molar-refractivity contribution in [3.05, 3.63) is 16.1 Å². The normalized spacial score (nSPS) is 27.6. The Morgan fingerprint density at radius 2 is 2.14 bits per heavy atom. The standard InChI is InChI=1S/C15H23N3O2S/c1-9-12(21-8-17-9)5-16-13-10-6-18(7-11(10)13)14(19)20-15(2,3)4/h8,10-11,13,16H,5-7H2,1-4H3. The molecule has 1 aromatic rings. The Labute approximate surface area is 129 Å². The number of amides is 1. The highest BCUT2D eigenvalue weighted by Gasteiger charge is 2.56. The number of rotatable bonds is 3. The molecule has 1 saturated heterocycles. The van der Waals surface area contributed by atoms with Crippen molar-refractivity contribution in [3.8, 4) is 0 Å². The second-order valence-corrected chi connectivity index (χ2v) is 7.92. The number of carbonyl (C=O) groups is 1. The molecule has 2 atom stereocenters. The second kappa shape index (κ2) is 5.25. The van der Waals surface area contributed by atoms with Gasteiger partial charge in [0.15, 0.2) is 0 Å².